The van der Waals surface area contributed by atoms with Crippen molar-refractivity contribution in [3.63, 3.8) is 0 Å². The molecular formula is C15H13Cl3N2S. The van der Waals surface area contributed by atoms with Crippen molar-refractivity contribution >= 4 is 57.2 Å². The van der Waals surface area contributed by atoms with E-state index in [4.69, 9.17) is 34.8 Å². The van der Waals surface area contributed by atoms with Crippen LogP contribution in [0.25, 0.3) is 11.0 Å². The Hall–Kier alpha value is -0.740. The van der Waals surface area contributed by atoms with Crippen LogP contribution < -0.4 is 0 Å². The number of hydrogen-bond donors (Lipinski definition) is 0. The number of imidazole rings is 1. The van der Waals surface area contributed by atoms with Gasteiger partial charge in [-0.2, -0.15) is 0 Å². The lowest BCUT2D eigenvalue weighted by atomic mass is 10.3. The van der Waals surface area contributed by atoms with Crippen molar-refractivity contribution in [2.75, 3.05) is 0 Å². The van der Waals surface area contributed by atoms with Crippen LogP contribution >= 0.6 is 46.1 Å². The summed E-state index contributed by atoms with van der Waals surface area (Å²) in [5, 5.41) is 0.854. The fourth-order valence-corrected chi connectivity index (χ4v) is 3.70. The highest BCUT2D eigenvalue weighted by Gasteiger charge is 2.17. The molecule has 0 amide bonds. The molecule has 2 nitrogen and oxygen atoms in total. The molecule has 0 aliphatic rings. The minimum Gasteiger partial charge on any atom is -0.321 e. The second-order valence-corrected chi connectivity index (χ2v) is 7.78. The van der Waals surface area contributed by atoms with Gasteiger partial charge in [0.15, 0.2) is 0 Å². The van der Waals surface area contributed by atoms with Crippen LogP contribution in [-0.4, -0.2) is 9.55 Å². The van der Waals surface area contributed by atoms with E-state index in [-0.39, 0.29) is 5.38 Å². The van der Waals surface area contributed by atoms with Crippen molar-refractivity contribution < 1.29 is 0 Å². The Labute approximate surface area is 142 Å². The normalized spacial score (nSPS) is 13.0. The minimum atomic E-state index is -0.184. The maximum atomic E-state index is 6.28. The first-order valence-electron chi connectivity index (χ1n) is 6.50. The van der Waals surface area contributed by atoms with Crippen LogP contribution in [-0.2, 0) is 6.54 Å². The van der Waals surface area contributed by atoms with Crippen LogP contribution in [0.3, 0.4) is 0 Å². The lowest BCUT2D eigenvalue weighted by Gasteiger charge is -2.09. The molecule has 0 spiro atoms. The zero-order valence-electron chi connectivity index (χ0n) is 11.5. The molecule has 0 bridgehead atoms. The maximum Gasteiger partial charge on any atom is 0.128 e. The van der Waals surface area contributed by atoms with E-state index in [1.807, 2.05) is 13.0 Å². The van der Waals surface area contributed by atoms with Crippen LogP contribution in [0.15, 0.2) is 24.3 Å². The number of hydrogen-bond acceptors (Lipinski definition) is 2. The number of thiophene rings is 1. The number of aryl methyl sites for hydroxylation is 1. The van der Waals surface area contributed by atoms with Crippen molar-refractivity contribution in [3.05, 3.63) is 49.9 Å². The second-order valence-electron chi connectivity index (χ2n) is 4.94. The first-order valence-corrected chi connectivity index (χ1v) is 8.51. The topological polar surface area (TPSA) is 17.8 Å². The molecule has 3 rings (SSSR count). The largest absolute Gasteiger partial charge is 0.321 e. The molecule has 1 unspecified atom stereocenters. The standard InChI is InChI=1S/C15H13Cl3N2S/c1-8-3-4-10(21-8)7-20-14-6-12(18)11(17)5-13(14)19-15(20)9(2)16/h3-6,9H,7H2,1-2H3. The van der Waals surface area contributed by atoms with Crippen molar-refractivity contribution in [1.29, 1.82) is 0 Å². The van der Waals surface area contributed by atoms with Gasteiger partial charge in [-0.1, -0.05) is 23.2 Å². The summed E-state index contributed by atoms with van der Waals surface area (Å²) >= 11 is 20.3. The van der Waals surface area contributed by atoms with Crippen LogP contribution in [0.5, 0.6) is 0 Å². The van der Waals surface area contributed by atoms with Gasteiger partial charge >= 0.3 is 0 Å². The number of rotatable bonds is 3. The molecule has 6 heteroatoms. The van der Waals surface area contributed by atoms with Gasteiger partial charge in [0, 0.05) is 9.75 Å². The maximum absolute atomic E-state index is 6.28. The van der Waals surface area contributed by atoms with Crippen LogP contribution in [0.4, 0.5) is 0 Å². The van der Waals surface area contributed by atoms with Crippen molar-refractivity contribution in [3.8, 4) is 0 Å². The molecule has 1 aromatic carbocycles. The van der Waals surface area contributed by atoms with Gasteiger partial charge in [0.1, 0.15) is 5.82 Å². The molecule has 0 radical (unpaired) electrons. The third-order valence-electron chi connectivity index (χ3n) is 3.29. The van der Waals surface area contributed by atoms with Gasteiger partial charge in [-0.25, -0.2) is 4.98 Å². The summed E-state index contributed by atoms with van der Waals surface area (Å²) in [5.41, 5.74) is 1.78. The molecule has 0 saturated heterocycles. The lowest BCUT2D eigenvalue weighted by Crippen LogP contribution is -2.04. The molecule has 21 heavy (non-hydrogen) atoms. The number of halogens is 3. The number of alkyl halides is 1. The van der Waals surface area contributed by atoms with Crippen LogP contribution in [0.2, 0.25) is 10.0 Å². The first kappa shape index (κ1) is 15.2. The second kappa shape index (κ2) is 5.81. The van der Waals surface area contributed by atoms with E-state index in [0.717, 1.165) is 23.4 Å². The monoisotopic (exact) mass is 358 g/mol. The Morgan fingerprint density at radius 3 is 2.57 bits per heavy atom. The molecule has 0 aliphatic carbocycles. The SMILES string of the molecule is Cc1ccc(Cn2c(C(C)Cl)nc3cc(Cl)c(Cl)cc32)s1. The summed E-state index contributed by atoms with van der Waals surface area (Å²) in [7, 11) is 0. The highest BCUT2D eigenvalue weighted by molar-refractivity contribution is 7.11. The summed E-state index contributed by atoms with van der Waals surface area (Å²) < 4.78 is 2.11. The number of nitrogens with zero attached hydrogens (tertiary/aromatic N) is 2. The molecule has 2 aromatic heterocycles. The van der Waals surface area contributed by atoms with Gasteiger partial charge in [0.25, 0.3) is 0 Å². The van der Waals surface area contributed by atoms with Gasteiger partial charge in [-0.05, 0) is 38.1 Å². The Balaban J connectivity index is 2.17. The molecule has 2 heterocycles. The van der Waals surface area contributed by atoms with Gasteiger partial charge in [-0.3, -0.25) is 0 Å². The van der Waals surface area contributed by atoms with E-state index < -0.39 is 0 Å². The van der Waals surface area contributed by atoms with E-state index in [2.05, 4.69) is 28.6 Å². The molecule has 0 fully saturated rings. The van der Waals surface area contributed by atoms with E-state index in [1.165, 1.54) is 9.75 Å². The quantitative estimate of drug-likeness (QED) is 0.520. The minimum absolute atomic E-state index is 0.184. The molecule has 110 valence electrons. The van der Waals surface area contributed by atoms with Crippen molar-refractivity contribution in [2.24, 2.45) is 0 Å². The smallest absolute Gasteiger partial charge is 0.128 e. The fourth-order valence-electron chi connectivity index (χ4n) is 2.33. The summed E-state index contributed by atoms with van der Waals surface area (Å²) in [5.74, 6) is 0.830. The molecule has 3 aromatic rings. The van der Waals surface area contributed by atoms with E-state index in [0.29, 0.717) is 10.0 Å². The van der Waals surface area contributed by atoms with Gasteiger partial charge in [0.05, 0.1) is 33.0 Å². The van der Waals surface area contributed by atoms with Crippen molar-refractivity contribution in [2.45, 2.75) is 25.8 Å². The molecular weight excluding hydrogens is 347 g/mol. The predicted molar refractivity (Wildman–Crippen MR) is 92.2 cm³/mol. The predicted octanol–water partition coefficient (Wildman–Crippen LogP) is 6.06. The Kier molecular flexibility index (Phi) is 4.19. The fraction of sp³-hybridized carbons (Fsp3) is 0.267. The Morgan fingerprint density at radius 2 is 1.95 bits per heavy atom. The summed E-state index contributed by atoms with van der Waals surface area (Å²) in [6.07, 6.45) is 0. The lowest BCUT2D eigenvalue weighted by molar-refractivity contribution is 0.750. The average Bonchev–Trinajstić information content (AvgIpc) is 2.96. The van der Waals surface area contributed by atoms with Crippen LogP contribution in [0, 0.1) is 6.92 Å². The third kappa shape index (κ3) is 2.93. The average molecular weight is 360 g/mol. The molecule has 0 aliphatic heterocycles. The summed E-state index contributed by atoms with van der Waals surface area (Å²) in [4.78, 5) is 7.16. The third-order valence-corrected chi connectivity index (χ3v) is 5.19. The van der Waals surface area contributed by atoms with Gasteiger partial charge in [-0.15, -0.1) is 22.9 Å². The molecule has 0 saturated carbocycles. The Morgan fingerprint density at radius 1 is 1.24 bits per heavy atom. The Bertz CT molecular complexity index is 805. The van der Waals surface area contributed by atoms with Crippen molar-refractivity contribution in [1.82, 2.24) is 9.55 Å². The summed E-state index contributed by atoms with van der Waals surface area (Å²) in [6.45, 7) is 4.75. The van der Waals surface area contributed by atoms with E-state index in [9.17, 15) is 0 Å². The highest BCUT2D eigenvalue weighted by atomic mass is 35.5. The first-order chi connectivity index (χ1) is 9.95. The zero-order valence-corrected chi connectivity index (χ0v) is 14.6. The van der Waals surface area contributed by atoms with Crippen LogP contribution in [0.1, 0.15) is 27.9 Å². The molecule has 1 atom stereocenters. The number of fused-ring (bicyclic) bond motifs is 1. The van der Waals surface area contributed by atoms with Gasteiger partial charge in [0.2, 0.25) is 0 Å². The molecule has 0 N–H and O–H groups in total. The van der Waals surface area contributed by atoms with E-state index in [1.54, 1.807) is 17.4 Å². The van der Waals surface area contributed by atoms with E-state index >= 15 is 0 Å². The summed E-state index contributed by atoms with van der Waals surface area (Å²) in [6, 6.07) is 7.90. The number of benzene rings is 1. The highest BCUT2D eigenvalue weighted by Crippen LogP contribution is 2.32. The number of aromatic nitrogens is 2. The zero-order chi connectivity index (χ0) is 15.1. The van der Waals surface area contributed by atoms with Gasteiger partial charge < -0.3 is 4.57 Å².